The van der Waals surface area contributed by atoms with E-state index < -0.39 is 5.60 Å². The van der Waals surface area contributed by atoms with E-state index in [1.165, 1.54) is 0 Å². The van der Waals surface area contributed by atoms with Crippen molar-refractivity contribution < 1.29 is 9.90 Å². The third kappa shape index (κ3) is 2.45. The van der Waals surface area contributed by atoms with Gasteiger partial charge in [0.15, 0.2) is 0 Å². The van der Waals surface area contributed by atoms with Crippen molar-refractivity contribution in [2.75, 3.05) is 13.1 Å². The van der Waals surface area contributed by atoms with Gasteiger partial charge in [-0.25, -0.2) is 4.79 Å². The molecule has 1 aliphatic carbocycles. The lowest BCUT2D eigenvalue weighted by Crippen LogP contribution is -2.50. The van der Waals surface area contributed by atoms with Crippen LogP contribution in [0.1, 0.15) is 44.6 Å². The summed E-state index contributed by atoms with van der Waals surface area (Å²) in [6.07, 6.45) is 4.47. The van der Waals surface area contributed by atoms with E-state index in [4.69, 9.17) is 0 Å². The fourth-order valence-corrected chi connectivity index (χ4v) is 4.23. The van der Waals surface area contributed by atoms with Crippen LogP contribution < -0.4 is 5.69 Å². The number of aromatic amines is 1. The van der Waals surface area contributed by atoms with Gasteiger partial charge >= 0.3 is 5.69 Å². The highest BCUT2D eigenvalue weighted by molar-refractivity contribution is 5.85. The van der Waals surface area contributed by atoms with E-state index in [-0.39, 0.29) is 17.6 Å². The number of likely N-dealkylation sites (tertiary alicyclic amines) is 1. The van der Waals surface area contributed by atoms with Crippen molar-refractivity contribution in [1.82, 2.24) is 14.5 Å². The number of hydrogen-bond donors (Lipinski definition) is 2. The Balaban J connectivity index is 1.51. The number of benzene rings is 1. The van der Waals surface area contributed by atoms with Crippen LogP contribution in [-0.4, -0.2) is 44.2 Å². The Morgan fingerprint density at radius 3 is 2.54 bits per heavy atom. The van der Waals surface area contributed by atoms with E-state index in [0.717, 1.165) is 36.7 Å². The number of H-pyrrole nitrogens is 1. The summed E-state index contributed by atoms with van der Waals surface area (Å²) in [4.78, 5) is 29.6. The molecule has 6 nitrogen and oxygen atoms in total. The van der Waals surface area contributed by atoms with Gasteiger partial charge in [-0.2, -0.15) is 0 Å². The van der Waals surface area contributed by atoms with Crippen LogP contribution in [-0.2, 0) is 4.79 Å². The van der Waals surface area contributed by atoms with Crippen molar-refractivity contribution in [3.05, 3.63) is 34.7 Å². The fraction of sp³-hybridized carbons (Fsp3) is 0.556. The molecule has 1 aromatic heterocycles. The number of imidazole rings is 1. The second-order valence-corrected chi connectivity index (χ2v) is 7.08. The summed E-state index contributed by atoms with van der Waals surface area (Å²) in [5, 5.41) is 10.5. The van der Waals surface area contributed by atoms with E-state index in [9.17, 15) is 14.7 Å². The van der Waals surface area contributed by atoms with Crippen LogP contribution in [0.15, 0.2) is 29.1 Å². The van der Waals surface area contributed by atoms with E-state index in [1.807, 2.05) is 28.8 Å². The molecule has 0 bridgehead atoms. The second kappa shape index (κ2) is 5.77. The van der Waals surface area contributed by atoms with Crippen LogP contribution in [0.3, 0.4) is 0 Å². The lowest BCUT2D eigenvalue weighted by atomic mass is 9.97. The first kappa shape index (κ1) is 15.4. The van der Waals surface area contributed by atoms with Gasteiger partial charge in [-0.05, 0) is 50.7 Å². The predicted octanol–water partition coefficient (Wildman–Crippen LogP) is 1.80. The Hall–Kier alpha value is -2.08. The van der Waals surface area contributed by atoms with Crippen molar-refractivity contribution in [1.29, 1.82) is 0 Å². The Bertz CT molecular complexity index is 808. The molecular formula is C18H23N3O3. The Kier molecular flexibility index (Phi) is 3.72. The summed E-state index contributed by atoms with van der Waals surface area (Å²) in [6, 6.07) is 7.79. The molecule has 1 amide bonds. The number of amides is 1. The summed E-state index contributed by atoms with van der Waals surface area (Å²) in [7, 11) is 0. The molecule has 0 spiro atoms. The molecule has 4 rings (SSSR count). The van der Waals surface area contributed by atoms with Gasteiger partial charge in [0.05, 0.1) is 11.0 Å². The molecule has 6 heteroatoms. The topological polar surface area (TPSA) is 78.3 Å². The maximum absolute atomic E-state index is 12.6. The molecule has 0 atom stereocenters. The quantitative estimate of drug-likeness (QED) is 0.882. The second-order valence-electron chi connectivity index (χ2n) is 7.08. The van der Waals surface area contributed by atoms with Gasteiger partial charge in [-0.3, -0.25) is 9.36 Å². The molecule has 128 valence electrons. The van der Waals surface area contributed by atoms with Gasteiger partial charge in [-0.1, -0.05) is 12.1 Å². The van der Waals surface area contributed by atoms with E-state index >= 15 is 0 Å². The van der Waals surface area contributed by atoms with Crippen LogP contribution in [0, 0.1) is 0 Å². The largest absolute Gasteiger partial charge is 0.380 e. The number of aliphatic hydroxyl groups is 1. The zero-order chi connectivity index (χ0) is 16.7. The molecule has 2 fully saturated rings. The number of nitrogens with one attached hydrogen (secondary N) is 1. The number of fused-ring (bicyclic) bond motifs is 1. The van der Waals surface area contributed by atoms with Crippen molar-refractivity contribution in [2.45, 2.75) is 50.2 Å². The van der Waals surface area contributed by atoms with E-state index in [1.54, 1.807) is 4.90 Å². The highest BCUT2D eigenvalue weighted by Gasteiger charge is 2.42. The van der Waals surface area contributed by atoms with Crippen molar-refractivity contribution in [2.24, 2.45) is 0 Å². The molecule has 2 heterocycles. The lowest BCUT2D eigenvalue weighted by Gasteiger charge is -2.36. The minimum atomic E-state index is -1.15. The number of hydrogen-bond acceptors (Lipinski definition) is 3. The molecule has 0 radical (unpaired) electrons. The molecule has 1 saturated carbocycles. The summed E-state index contributed by atoms with van der Waals surface area (Å²) in [5.41, 5.74) is 0.531. The minimum Gasteiger partial charge on any atom is -0.380 e. The highest BCUT2D eigenvalue weighted by Crippen LogP contribution is 2.33. The predicted molar refractivity (Wildman–Crippen MR) is 90.8 cm³/mol. The minimum absolute atomic E-state index is 0.0876. The number of carbonyl (C=O) groups is 1. The number of rotatable bonds is 2. The zero-order valence-corrected chi connectivity index (χ0v) is 13.7. The third-order valence-electron chi connectivity index (χ3n) is 5.57. The first-order valence-electron chi connectivity index (χ1n) is 8.79. The smallest absolute Gasteiger partial charge is 0.326 e. The molecule has 2 N–H and O–H groups in total. The summed E-state index contributed by atoms with van der Waals surface area (Å²) in [6.45, 7) is 1.19. The SMILES string of the molecule is O=C(N1CCC(n2c(=O)[nH]c3ccccc32)CC1)C1(O)CCCC1. The number of carbonyl (C=O) groups excluding carboxylic acids is 1. The third-order valence-corrected chi connectivity index (χ3v) is 5.57. The zero-order valence-electron chi connectivity index (χ0n) is 13.7. The number of piperidine rings is 1. The van der Waals surface area contributed by atoms with Crippen LogP contribution in [0.25, 0.3) is 11.0 Å². The van der Waals surface area contributed by atoms with Crippen LogP contribution >= 0.6 is 0 Å². The van der Waals surface area contributed by atoms with Crippen molar-refractivity contribution >= 4 is 16.9 Å². The molecule has 1 aliphatic heterocycles. The standard InChI is InChI=1S/C18H23N3O3/c22-16(18(24)9-3-4-10-18)20-11-7-13(8-12-20)21-15-6-2-1-5-14(15)19-17(21)23/h1-2,5-6,13,24H,3-4,7-12H2,(H,19,23). The molecule has 24 heavy (non-hydrogen) atoms. The first-order chi connectivity index (χ1) is 11.6. The highest BCUT2D eigenvalue weighted by atomic mass is 16.3. The molecule has 0 unspecified atom stereocenters. The Morgan fingerprint density at radius 2 is 1.83 bits per heavy atom. The van der Waals surface area contributed by atoms with Crippen molar-refractivity contribution in [3.8, 4) is 0 Å². The van der Waals surface area contributed by atoms with Crippen molar-refractivity contribution in [3.63, 3.8) is 0 Å². The van der Waals surface area contributed by atoms with Gasteiger partial charge in [0, 0.05) is 19.1 Å². The molecular weight excluding hydrogens is 306 g/mol. The summed E-state index contributed by atoms with van der Waals surface area (Å²) >= 11 is 0. The number of nitrogens with zero attached hydrogens (tertiary/aromatic N) is 2. The number of para-hydroxylation sites is 2. The maximum Gasteiger partial charge on any atom is 0.326 e. The Morgan fingerprint density at radius 1 is 1.17 bits per heavy atom. The van der Waals surface area contributed by atoms with Gasteiger partial charge in [0.1, 0.15) is 5.60 Å². The first-order valence-corrected chi connectivity index (χ1v) is 8.79. The average Bonchev–Trinajstić information content (AvgIpc) is 3.18. The molecule has 2 aromatic rings. The van der Waals surface area contributed by atoms with Gasteiger partial charge < -0.3 is 15.0 Å². The van der Waals surface area contributed by atoms with Gasteiger partial charge in [0.25, 0.3) is 5.91 Å². The Labute approximate surface area is 140 Å². The number of aromatic nitrogens is 2. The molecule has 1 aromatic carbocycles. The normalized spacial score (nSPS) is 21.5. The van der Waals surface area contributed by atoms with Gasteiger partial charge in [-0.15, -0.1) is 0 Å². The lowest BCUT2D eigenvalue weighted by molar-refractivity contribution is -0.152. The molecule has 1 saturated heterocycles. The average molecular weight is 329 g/mol. The fourth-order valence-electron chi connectivity index (χ4n) is 4.23. The van der Waals surface area contributed by atoms with Gasteiger partial charge in [0.2, 0.25) is 0 Å². The van der Waals surface area contributed by atoms with Crippen LogP contribution in [0.4, 0.5) is 0 Å². The van der Waals surface area contributed by atoms with Crippen LogP contribution in [0.5, 0.6) is 0 Å². The monoisotopic (exact) mass is 329 g/mol. The van der Waals surface area contributed by atoms with E-state index in [0.29, 0.717) is 25.9 Å². The molecule has 2 aliphatic rings. The summed E-state index contributed by atoms with van der Waals surface area (Å²) in [5.74, 6) is -0.121. The van der Waals surface area contributed by atoms with Crippen LogP contribution in [0.2, 0.25) is 0 Å². The maximum atomic E-state index is 12.6. The summed E-state index contributed by atoms with van der Waals surface area (Å²) < 4.78 is 1.82. The van der Waals surface area contributed by atoms with E-state index in [2.05, 4.69) is 4.98 Å².